The molecule has 0 spiro atoms. The lowest BCUT2D eigenvalue weighted by Gasteiger charge is -2.37. The fourth-order valence-corrected chi connectivity index (χ4v) is 5.85. The Balaban J connectivity index is 2.11. The van der Waals surface area contributed by atoms with Crippen molar-refractivity contribution < 1.29 is 14.5 Å². The monoisotopic (exact) mass is 463 g/mol. The minimum absolute atomic E-state index is 0.188. The Kier molecular flexibility index (Phi) is 8.66. The summed E-state index contributed by atoms with van der Waals surface area (Å²) in [6.07, 6.45) is 1.04. The molecule has 1 unspecified atom stereocenters. The Morgan fingerprint density at radius 3 is 1.67 bits per heavy atom. The van der Waals surface area contributed by atoms with Crippen molar-refractivity contribution in [2.45, 2.75) is 29.8 Å². The highest BCUT2D eigenvalue weighted by Gasteiger charge is 2.40. The summed E-state index contributed by atoms with van der Waals surface area (Å²) in [4.78, 5) is 23.3. The number of thioether (sulfide) groups is 1. The standard InChI is InChI=1S/C27H29NO4S/c1-21(26(29)32-2)18-19-25(20-28(30)31)33-27(22-12-6-3-7-13-22,23-14-8-4-9-15-23)24-16-10-5-11-17-24/h3-17,21,25H,18-20H2,1-2H3/t21-,25?/m0/s1. The number of hydrogen-bond donors (Lipinski definition) is 0. The van der Waals surface area contributed by atoms with Crippen LogP contribution in [0.2, 0.25) is 0 Å². The number of methoxy groups -OCH3 is 1. The molecule has 0 amide bonds. The number of nitrogens with zero attached hydrogens (tertiary/aromatic N) is 1. The van der Waals surface area contributed by atoms with Crippen molar-refractivity contribution in [3.05, 3.63) is 118 Å². The molecule has 0 saturated carbocycles. The molecule has 3 rings (SSSR count). The number of nitro groups is 1. The molecule has 0 heterocycles. The van der Waals surface area contributed by atoms with E-state index in [0.29, 0.717) is 12.8 Å². The molecule has 33 heavy (non-hydrogen) atoms. The predicted molar refractivity (Wildman–Crippen MR) is 133 cm³/mol. The lowest BCUT2D eigenvalue weighted by atomic mass is 9.84. The maximum Gasteiger partial charge on any atom is 0.308 e. The Bertz CT molecular complexity index is 931. The predicted octanol–water partition coefficient (Wildman–Crippen LogP) is 5.95. The van der Waals surface area contributed by atoms with Gasteiger partial charge in [-0.25, -0.2) is 0 Å². The summed E-state index contributed by atoms with van der Waals surface area (Å²) in [5.74, 6) is -0.607. The molecule has 0 fully saturated rings. The molecule has 172 valence electrons. The molecule has 3 aromatic carbocycles. The van der Waals surface area contributed by atoms with E-state index < -0.39 is 4.75 Å². The van der Waals surface area contributed by atoms with E-state index in [1.165, 1.54) is 7.11 Å². The SMILES string of the molecule is COC(=O)[C@@H](C)CCC(C[N+](=O)[O-])SC(c1ccccc1)(c1ccccc1)c1ccccc1. The van der Waals surface area contributed by atoms with Crippen molar-refractivity contribution in [1.29, 1.82) is 0 Å². The van der Waals surface area contributed by atoms with Gasteiger partial charge in [0.15, 0.2) is 0 Å². The van der Waals surface area contributed by atoms with Gasteiger partial charge in [-0.3, -0.25) is 14.9 Å². The second-order valence-electron chi connectivity index (χ2n) is 8.04. The molecule has 0 aliphatic heterocycles. The molecule has 5 nitrogen and oxygen atoms in total. The quantitative estimate of drug-likeness (QED) is 0.152. The zero-order chi connectivity index (χ0) is 23.7. The highest BCUT2D eigenvalue weighted by atomic mass is 32.2. The lowest BCUT2D eigenvalue weighted by molar-refractivity contribution is -0.479. The molecule has 0 aliphatic carbocycles. The molecule has 6 heteroatoms. The van der Waals surface area contributed by atoms with Crippen molar-refractivity contribution in [3.8, 4) is 0 Å². The number of ether oxygens (including phenoxy) is 1. The summed E-state index contributed by atoms with van der Waals surface area (Å²) in [5.41, 5.74) is 3.17. The van der Waals surface area contributed by atoms with Gasteiger partial charge in [0.25, 0.3) is 0 Å². The average Bonchev–Trinajstić information content (AvgIpc) is 2.86. The Labute approximate surface area is 199 Å². The van der Waals surface area contributed by atoms with E-state index in [0.717, 1.165) is 16.7 Å². The minimum atomic E-state index is -0.640. The number of carbonyl (C=O) groups excluding carboxylic acids is 1. The second-order valence-corrected chi connectivity index (χ2v) is 9.55. The average molecular weight is 464 g/mol. The molecule has 0 bridgehead atoms. The van der Waals surface area contributed by atoms with Crippen LogP contribution in [0.15, 0.2) is 91.0 Å². The molecule has 3 aromatic rings. The van der Waals surface area contributed by atoms with Gasteiger partial charge < -0.3 is 4.74 Å². The minimum Gasteiger partial charge on any atom is -0.469 e. The molecule has 2 atom stereocenters. The lowest BCUT2D eigenvalue weighted by Crippen LogP contribution is -2.31. The van der Waals surface area contributed by atoms with Crippen LogP contribution in [0.25, 0.3) is 0 Å². The fraction of sp³-hybridized carbons (Fsp3) is 0.296. The van der Waals surface area contributed by atoms with Crippen LogP contribution in [0.1, 0.15) is 36.5 Å². The molecule has 0 radical (unpaired) electrons. The molecule has 0 N–H and O–H groups in total. The number of carbonyl (C=O) groups is 1. The summed E-state index contributed by atoms with van der Waals surface area (Å²) in [6.45, 7) is 1.62. The topological polar surface area (TPSA) is 69.4 Å². The molecule has 0 aromatic heterocycles. The third-order valence-corrected chi connectivity index (χ3v) is 7.54. The summed E-state index contributed by atoms with van der Waals surface area (Å²) >= 11 is 1.59. The molecule has 0 saturated heterocycles. The summed E-state index contributed by atoms with van der Waals surface area (Å²) in [6, 6.07) is 30.4. The van der Waals surface area contributed by atoms with Gasteiger partial charge in [-0.15, -0.1) is 11.8 Å². The van der Waals surface area contributed by atoms with Crippen molar-refractivity contribution in [3.63, 3.8) is 0 Å². The van der Waals surface area contributed by atoms with Gasteiger partial charge in [0, 0.05) is 4.92 Å². The molecule has 0 aliphatic rings. The van der Waals surface area contributed by atoms with Crippen LogP contribution in [0.5, 0.6) is 0 Å². The van der Waals surface area contributed by atoms with Gasteiger partial charge >= 0.3 is 5.97 Å². The van der Waals surface area contributed by atoms with Crippen LogP contribution in [0.4, 0.5) is 0 Å². The van der Waals surface area contributed by atoms with Gasteiger partial charge in [-0.2, -0.15) is 0 Å². The number of hydrogen-bond acceptors (Lipinski definition) is 5. The van der Waals surface area contributed by atoms with Gasteiger partial charge in [-0.05, 0) is 29.5 Å². The second kappa shape index (κ2) is 11.7. The van der Waals surface area contributed by atoms with Crippen LogP contribution in [-0.4, -0.2) is 29.8 Å². The van der Waals surface area contributed by atoms with Gasteiger partial charge in [0.05, 0.1) is 23.0 Å². The van der Waals surface area contributed by atoms with Gasteiger partial charge in [0.1, 0.15) is 0 Å². The third kappa shape index (κ3) is 6.02. The first-order chi connectivity index (χ1) is 16.0. The molecular weight excluding hydrogens is 434 g/mol. The zero-order valence-corrected chi connectivity index (χ0v) is 19.7. The van der Waals surface area contributed by atoms with Crippen molar-refractivity contribution in [2.24, 2.45) is 5.92 Å². The van der Waals surface area contributed by atoms with E-state index in [-0.39, 0.29) is 28.6 Å². The summed E-state index contributed by atoms with van der Waals surface area (Å²) in [5, 5.41) is 11.3. The van der Waals surface area contributed by atoms with Crippen molar-refractivity contribution in [2.75, 3.05) is 13.7 Å². The zero-order valence-electron chi connectivity index (χ0n) is 18.9. The van der Waals surface area contributed by atoms with E-state index in [4.69, 9.17) is 4.74 Å². The maximum absolute atomic E-state index is 11.9. The third-order valence-electron chi connectivity index (χ3n) is 5.76. The van der Waals surface area contributed by atoms with Crippen LogP contribution < -0.4 is 0 Å². The van der Waals surface area contributed by atoms with E-state index in [2.05, 4.69) is 36.4 Å². The first-order valence-electron chi connectivity index (χ1n) is 11.0. The number of rotatable bonds is 11. The first-order valence-corrected chi connectivity index (χ1v) is 11.9. The van der Waals surface area contributed by atoms with Crippen molar-refractivity contribution in [1.82, 2.24) is 0 Å². The Hall–Kier alpha value is -3.12. The van der Waals surface area contributed by atoms with Crippen LogP contribution in [0.3, 0.4) is 0 Å². The first kappa shape index (κ1) is 24.5. The summed E-state index contributed by atoms with van der Waals surface area (Å²) < 4.78 is 4.21. The number of benzene rings is 3. The fourth-order valence-electron chi connectivity index (χ4n) is 4.08. The smallest absolute Gasteiger partial charge is 0.308 e. The van der Waals surface area contributed by atoms with Crippen LogP contribution >= 0.6 is 11.8 Å². The highest BCUT2D eigenvalue weighted by Crippen LogP contribution is 2.51. The van der Waals surface area contributed by atoms with Crippen LogP contribution in [0, 0.1) is 16.0 Å². The van der Waals surface area contributed by atoms with E-state index in [1.54, 1.807) is 18.7 Å². The summed E-state index contributed by atoms with van der Waals surface area (Å²) in [7, 11) is 1.37. The van der Waals surface area contributed by atoms with E-state index in [9.17, 15) is 14.9 Å². The Morgan fingerprint density at radius 1 is 0.879 bits per heavy atom. The van der Waals surface area contributed by atoms with E-state index in [1.807, 2.05) is 54.6 Å². The van der Waals surface area contributed by atoms with Crippen LogP contribution in [-0.2, 0) is 14.3 Å². The van der Waals surface area contributed by atoms with Gasteiger partial charge in [-0.1, -0.05) is 97.9 Å². The van der Waals surface area contributed by atoms with Crippen molar-refractivity contribution >= 4 is 17.7 Å². The van der Waals surface area contributed by atoms with Gasteiger partial charge in [0.2, 0.25) is 6.54 Å². The molecular formula is C27H29NO4S. The highest BCUT2D eigenvalue weighted by molar-refractivity contribution is 8.01. The normalized spacial score (nSPS) is 13.2. The Morgan fingerprint density at radius 2 is 1.30 bits per heavy atom. The maximum atomic E-state index is 11.9. The largest absolute Gasteiger partial charge is 0.469 e. The van der Waals surface area contributed by atoms with E-state index >= 15 is 0 Å². The number of esters is 1.